The molecule has 23 heavy (non-hydrogen) atoms. The molecule has 0 aromatic rings. The molecule has 0 N–H and O–H groups in total. The standard InChI is InChI=1S/C16H20N2O5/c1-2-17-12(8-5-9-13(17)19)16(22)23-18-14(20)10-6-3-4-7-11(10)15(18)21/h3-4,10-12H,2,5-9H2,1H3/t10?,11?,12-/m0/s1. The highest BCUT2D eigenvalue weighted by Gasteiger charge is 2.50. The van der Waals surface area contributed by atoms with Gasteiger partial charge in [-0.2, -0.15) is 0 Å². The molecule has 0 saturated carbocycles. The minimum Gasteiger partial charge on any atom is -0.329 e. The monoisotopic (exact) mass is 320 g/mol. The van der Waals surface area contributed by atoms with Crippen LogP contribution >= 0.6 is 0 Å². The maximum absolute atomic E-state index is 12.4. The Kier molecular flexibility index (Phi) is 4.19. The van der Waals surface area contributed by atoms with Gasteiger partial charge in [-0.3, -0.25) is 14.4 Å². The molecule has 2 fully saturated rings. The Morgan fingerprint density at radius 2 is 1.78 bits per heavy atom. The zero-order chi connectivity index (χ0) is 16.6. The largest absolute Gasteiger partial charge is 0.355 e. The van der Waals surface area contributed by atoms with Crippen molar-refractivity contribution in [3.05, 3.63) is 12.2 Å². The van der Waals surface area contributed by atoms with Crippen LogP contribution in [0.3, 0.4) is 0 Å². The number of amides is 3. The number of rotatable bonds is 3. The van der Waals surface area contributed by atoms with E-state index >= 15 is 0 Å². The third kappa shape index (κ3) is 2.64. The van der Waals surface area contributed by atoms with Crippen molar-refractivity contribution in [2.24, 2.45) is 11.8 Å². The van der Waals surface area contributed by atoms with Gasteiger partial charge in [0.25, 0.3) is 11.8 Å². The molecule has 2 heterocycles. The zero-order valence-corrected chi connectivity index (χ0v) is 13.1. The molecule has 0 spiro atoms. The number of likely N-dealkylation sites (N-methyl/N-ethyl adjacent to an activating group) is 1. The number of piperidine rings is 1. The summed E-state index contributed by atoms with van der Waals surface area (Å²) in [5.74, 6) is -2.58. The molecule has 2 unspecified atom stereocenters. The molecule has 1 aliphatic carbocycles. The van der Waals surface area contributed by atoms with E-state index in [0.29, 0.717) is 43.7 Å². The van der Waals surface area contributed by atoms with E-state index in [2.05, 4.69) is 0 Å². The number of hydrogen-bond acceptors (Lipinski definition) is 5. The molecule has 0 bridgehead atoms. The number of carbonyl (C=O) groups excluding carboxylic acids is 4. The summed E-state index contributed by atoms with van der Waals surface area (Å²) >= 11 is 0. The molecule has 7 nitrogen and oxygen atoms in total. The van der Waals surface area contributed by atoms with Crippen LogP contribution in [0.5, 0.6) is 0 Å². The number of likely N-dealkylation sites (tertiary alicyclic amines) is 1. The summed E-state index contributed by atoms with van der Waals surface area (Å²) in [7, 11) is 0. The summed E-state index contributed by atoms with van der Waals surface area (Å²) in [6, 6.07) is -0.720. The normalized spacial score (nSPS) is 30.7. The molecule has 124 valence electrons. The van der Waals surface area contributed by atoms with Gasteiger partial charge in [0.2, 0.25) is 5.91 Å². The van der Waals surface area contributed by atoms with Gasteiger partial charge in [0.1, 0.15) is 6.04 Å². The second-order valence-corrected chi connectivity index (χ2v) is 6.12. The second-order valence-electron chi connectivity index (χ2n) is 6.12. The van der Waals surface area contributed by atoms with Gasteiger partial charge in [0.05, 0.1) is 11.8 Å². The fourth-order valence-electron chi connectivity index (χ4n) is 3.57. The average Bonchev–Trinajstić information content (AvgIpc) is 2.80. The van der Waals surface area contributed by atoms with Gasteiger partial charge in [0.15, 0.2) is 0 Å². The molecule has 0 radical (unpaired) electrons. The number of carbonyl (C=O) groups is 4. The fraction of sp³-hybridized carbons (Fsp3) is 0.625. The third-order valence-electron chi connectivity index (χ3n) is 4.83. The predicted octanol–water partition coefficient (Wildman–Crippen LogP) is 0.797. The minimum atomic E-state index is -0.720. The maximum atomic E-state index is 12.4. The second kappa shape index (κ2) is 6.14. The van der Waals surface area contributed by atoms with Crippen LogP contribution in [-0.4, -0.2) is 46.2 Å². The first kappa shape index (κ1) is 15.7. The lowest BCUT2D eigenvalue weighted by Gasteiger charge is -2.33. The van der Waals surface area contributed by atoms with Gasteiger partial charge < -0.3 is 9.74 Å². The number of hydrogen-bond donors (Lipinski definition) is 0. The van der Waals surface area contributed by atoms with Gasteiger partial charge in [-0.25, -0.2) is 4.79 Å². The van der Waals surface area contributed by atoms with Gasteiger partial charge in [0, 0.05) is 13.0 Å². The Balaban J connectivity index is 1.71. The molecule has 3 amide bonds. The van der Waals surface area contributed by atoms with Crippen molar-refractivity contribution >= 4 is 23.7 Å². The number of imide groups is 1. The molecule has 3 rings (SSSR count). The van der Waals surface area contributed by atoms with Crippen molar-refractivity contribution < 1.29 is 24.0 Å². The van der Waals surface area contributed by atoms with Crippen LogP contribution in [0.15, 0.2) is 12.2 Å². The number of fused-ring (bicyclic) bond motifs is 1. The SMILES string of the molecule is CCN1C(=O)CCC[C@H]1C(=O)ON1C(=O)C2CC=CCC2C1=O. The molecule has 3 aliphatic rings. The molecule has 3 atom stereocenters. The number of allylic oxidation sites excluding steroid dienone is 2. The zero-order valence-electron chi connectivity index (χ0n) is 13.1. The summed E-state index contributed by atoms with van der Waals surface area (Å²) < 4.78 is 0. The predicted molar refractivity (Wildman–Crippen MR) is 78.3 cm³/mol. The van der Waals surface area contributed by atoms with E-state index < -0.39 is 35.7 Å². The minimum absolute atomic E-state index is 0.0994. The first-order valence-electron chi connectivity index (χ1n) is 8.08. The van der Waals surface area contributed by atoms with Gasteiger partial charge in [-0.15, -0.1) is 5.06 Å². The molecule has 2 saturated heterocycles. The topological polar surface area (TPSA) is 84.0 Å². The molecular weight excluding hydrogens is 300 g/mol. The smallest absolute Gasteiger partial charge is 0.329 e. The van der Waals surface area contributed by atoms with Crippen LogP contribution in [0, 0.1) is 11.8 Å². The van der Waals surface area contributed by atoms with Crippen molar-refractivity contribution in [2.45, 2.75) is 45.1 Å². The van der Waals surface area contributed by atoms with Crippen molar-refractivity contribution in [1.82, 2.24) is 9.96 Å². The summed E-state index contributed by atoms with van der Waals surface area (Å²) in [6.07, 6.45) is 6.23. The summed E-state index contributed by atoms with van der Waals surface area (Å²) in [6.45, 7) is 2.19. The van der Waals surface area contributed by atoms with Crippen LogP contribution in [0.25, 0.3) is 0 Å². The molecule has 0 aromatic heterocycles. The van der Waals surface area contributed by atoms with Crippen molar-refractivity contribution in [2.75, 3.05) is 6.54 Å². The van der Waals surface area contributed by atoms with Crippen molar-refractivity contribution in [3.63, 3.8) is 0 Å². The molecule has 7 heteroatoms. The Morgan fingerprint density at radius 3 is 2.35 bits per heavy atom. The average molecular weight is 320 g/mol. The van der Waals surface area contributed by atoms with Crippen LogP contribution in [-0.2, 0) is 24.0 Å². The Labute approximate surface area is 134 Å². The quantitative estimate of drug-likeness (QED) is 0.567. The molecule has 2 aliphatic heterocycles. The maximum Gasteiger partial charge on any atom is 0.355 e. The highest BCUT2D eigenvalue weighted by atomic mass is 16.7. The van der Waals surface area contributed by atoms with Crippen LogP contribution in [0.4, 0.5) is 0 Å². The lowest BCUT2D eigenvalue weighted by Crippen LogP contribution is -2.50. The van der Waals surface area contributed by atoms with Crippen molar-refractivity contribution in [1.29, 1.82) is 0 Å². The van der Waals surface area contributed by atoms with E-state index in [-0.39, 0.29) is 5.91 Å². The number of hydroxylamine groups is 2. The highest BCUT2D eigenvalue weighted by Crippen LogP contribution is 2.35. The van der Waals surface area contributed by atoms with Crippen LogP contribution in [0.2, 0.25) is 0 Å². The van der Waals surface area contributed by atoms with E-state index in [1.54, 1.807) is 6.92 Å². The Hall–Kier alpha value is -2.18. The first-order valence-corrected chi connectivity index (χ1v) is 8.08. The highest BCUT2D eigenvalue weighted by molar-refractivity contribution is 6.05. The number of nitrogens with zero attached hydrogens (tertiary/aromatic N) is 2. The molecular formula is C16H20N2O5. The van der Waals surface area contributed by atoms with E-state index in [1.165, 1.54) is 4.90 Å². The lowest BCUT2D eigenvalue weighted by molar-refractivity contribution is -0.203. The van der Waals surface area contributed by atoms with Crippen LogP contribution < -0.4 is 0 Å². The Morgan fingerprint density at radius 1 is 1.17 bits per heavy atom. The van der Waals surface area contributed by atoms with E-state index in [1.807, 2.05) is 12.2 Å². The van der Waals surface area contributed by atoms with E-state index in [4.69, 9.17) is 4.84 Å². The fourth-order valence-corrected chi connectivity index (χ4v) is 3.57. The third-order valence-corrected chi connectivity index (χ3v) is 4.83. The first-order chi connectivity index (χ1) is 11.0. The lowest BCUT2D eigenvalue weighted by atomic mass is 9.85. The van der Waals surface area contributed by atoms with E-state index in [0.717, 1.165) is 0 Å². The van der Waals surface area contributed by atoms with E-state index in [9.17, 15) is 19.2 Å². The summed E-state index contributed by atoms with van der Waals surface area (Å²) in [5.41, 5.74) is 0. The van der Waals surface area contributed by atoms with Gasteiger partial charge in [-0.1, -0.05) is 12.2 Å². The van der Waals surface area contributed by atoms with Crippen LogP contribution in [0.1, 0.15) is 39.0 Å². The van der Waals surface area contributed by atoms with Gasteiger partial charge in [-0.05, 0) is 32.6 Å². The van der Waals surface area contributed by atoms with Gasteiger partial charge >= 0.3 is 5.97 Å². The summed E-state index contributed by atoms with van der Waals surface area (Å²) in [5, 5.41) is 0.623. The van der Waals surface area contributed by atoms with Crippen molar-refractivity contribution in [3.8, 4) is 0 Å². The Bertz CT molecular complexity index is 559. The molecule has 0 aromatic carbocycles. The summed E-state index contributed by atoms with van der Waals surface area (Å²) in [4.78, 5) is 55.4.